The van der Waals surface area contributed by atoms with E-state index in [4.69, 9.17) is 0 Å². The molecule has 0 amide bonds. The van der Waals surface area contributed by atoms with Gasteiger partial charge in [0.05, 0.1) is 0 Å². The molecule has 4 aromatic rings. The van der Waals surface area contributed by atoms with Gasteiger partial charge in [-0.2, -0.15) is 0 Å². The van der Waals surface area contributed by atoms with Crippen molar-refractivity contribution < 1.29 is 0 Å². The van der Waals surface area contributed by atoms with E-state index in [9.17, 15) is 0 Å². The van der Waals surface area contributed by atoms with Crippen LogP contribution in [-0.2, 0) is 0 Å². The van der Waals surface area contributed by atoms with Crippen molar-refractivity contribution in [2.45, 2.75) is 0 Å². The Morgan fingerprint density at radius 1 is 0.321 bits per heavy atom. The summed E-state index contributed by atoms with van der Waals surface area (Å²) >= 11 is 0. The summed E-state index contributed by atoms with van der Waals surface area (Å²) in [6.45, 7) is 0. The third-order valence-electron chi connectivity index (χ3n) is 4.35. The van der Waals surface area contributed by atoms with Gasteiger partial charge in [0, 0.05) is 0 Å². The molecule has 0 nitrogen and oxygen atoms in total. The van der Waals surface area contributed by atoms with Crippen LogP contribution in [0, 0.1) is 0 Å². The molecule has 0 atom stereocenters. The van der Waals surface area contributed by atoms with E-state index in [2.05, 4.69) is 142 Å². The molecule has 4 heteroatoms. The number of hydrogen-bond acceptors (Lipinski definition) is 2. The Kier molecular flexibility index (Phi) is 6.89. The fourth-order valence-corrected chi connectivity index (χ4v) is 18.9. The maximum absolute atomic E-state index is 2.28. The lowest BCUT2D eigenvalue weighted by molar-refractivity contribution is 1.74. The van der Waals surface area contributed by atoms with Gasteiger partial charge in [-0.15, -0.1) is 20.5 Å². The van der Waals surface area contributed by atoms with Gasteiger partial charge in [-0.05, 0) is 20.7 Å². The molecule has 0 N–H and O–H groups in total. The zero-order valence-corrected chi connectivity index (χ0v) is 19.0. The molecular weight excluding hydrogens is 409 g/mol. The maximum Gasteiger partial charge on any atom is 0.204 e. The van der Waals surface area contributed by atoms with Crippen LogP contribution in [0.4, 0.5) is 0 Å². The van der Waals surface area contributed by atoms with Crippen LogP contribution in [0.1, 0.15) is 0 Å². The van der Waals surface area contributed by atoms with Crippen molar-refractivity contribution in [3.63, 3.8) is 0 Å². The normalized spacial score (nSPS) is 11.1. The Labute approximate surface area is 177 Å². The minimum atomic E-state index is -0.904. The first-order chi connectivity index (χ1) is 13.9. The lowest BCUT2D eigenvalue weighted by Crippen LogP contribution is -2.42. The van der Waals surface area contributed by atoms with Gasteiger partial charge in [0.15, 0.2) is 0 Å². The average molecular weight is 429 g/mol. The van der Waals surface area contributed by atoms with Gasteiger partial charge in [-0.25, -0.2) is 0 Å². The highest BCUT2D eigenvalue weighted by Gasteiger charge is 2.24. The van der Waals surface area contributed by atoms with E-state index in [-0.39, 0.29) is 0 Å². The van der Waals surface area contributed by atoms with Gasteiger partial charge in [0.1, 0.15) is 0 Å². The molecule has 0 fully saturated rings. The van der Waals surface area contributed by atoms with Crippen LogP contribution < -0.4 is 20.7 Å². The standard InChI is InChI=1S/C24H20S2Si2/c1-5-13-21(14-6-1)27(22-15-7-2-8-16-22)25-26-28(23-17-9-3-10-18-23)24-19-11-4-12-20-24/h1-20H. The highest BCUT2D eigenvalue weighted by Crippen LogP contribution is 2.27. The van der Waals surface area contributed by atoms with Crippen LogP contribution in [0.15, 0.2) is 121 Å². The summed E-state index contributed by atoms with van der Waals surface area (Å²) < 4.78 is 0. The van der Waals surface area contributed by atoms with Crippen molar-refractivity contribution in [3.8, 4) is 0 Å². The molecule has 0 aliphatic heterocycles. The molecule has 0 spiro atoms. The third-order valence-corrected chi connectivity index (χ3v) is 18.3. The second kappa shape index (κ2) is 9.98. The fourth-order valence-electron chi connectivity index (χ4n) is 2.97. The minimum Gasteiger partial charge on any atom is -0.117 e. The molecule has 0 aliphatic rings. The van der Waals surface area contributed by atoms with Gasteiger partial charge in [0.2, 0.25) is 15.9 Å². The minimum absolute atomic E-state index is 0.904. The van der Waals surface area contributed by atoms with Crippen LogP contribution in [0.25, 0.3) is 0 Å². The number of hydrogen-bond donors (Lipinski definition) is 0. The first kappa shape index (κ1) is 19.3. The molecule has 0 aliphatic carbocycles. The monoisotopic (exact) mass is 428 g/mol. The molecule has 4 rings (SSSR count). The van der Waals surface area contributed by atoms with Crippen molar-refractivity contribution in [1.29, 1.82) is 0 Å². The average Bonchev–Trinajstić information content (AvgIpc) is 2.79. The lowest BCUT2D eigenvalue weighted by atomic mass is 10.4. The maximum atomic E-state index is 2.28. The fraction of sp³-hybridized carbons (Fsp3) is 0. The Bertz CT molecular complexity index is 802. The number of rotatable bonds is 7. The molecule has 0 aromatic heterocycles. The van der Waals surface area contributed by atoms with E-state index in [1.54, 1.807) is 0 Å². The zero-order valence-electron chi connectivity index (χ0n) is 15.4. The molecule has 0 saturated heterocycles. The summed E-state index contributed by atoms with van der Waals surface area (Å²) in [6.07, 6.45) is 0. The molecular formula is C24H20S2Si2. The van der Waals surface area contributed by atoms with E-state index >= 15 is 0 Å². The van der Waals surface area contributed by atoms with Gasteiger partial charge in [-0.1, -0.05) is 121 Å². The van der Waals surface area contributed by atoms with Crippen molar-refractivity contribution in [2.24, 2.45) is 0 Å². The van der Waals surface area contributed by atoms with Crippen LogP contribution in [0.3, 0.4) is 0 Å². The summed E-state index contributed by atoms with van der Waals surface area (Å²) in [6, 6.07) is 44.0. The van der Waals surface area contributed by atoms with Crippen molar-refractivity contribution in [2.75, 3.05) is 0 Å². The smallest absolute Gasteiger partial charge is 0.117 e. The van der Waals surface area contributed by atoms with E-state index in [0.29, 0.717) is 0 Å². The third kappa shape index (κ3) is 4.89. The van der Waals surface area contributed by atoms with E-state index in [0.717, 1.165) is 0 Å². The summed E-state index contributed by atoms with van der Waals surface area (Å²) in [4.78, 5) is 0. The first-order valence-electron chi connectivity index (χ1n) is 9.22. The quantitative estimate of drug-likeness (QED) is 0.323. The largest absolute Gasteiger partial charge is 0.204 e. The Morgan fingerprint density at radius 3 is 0.750 bits per heavy atom. The summed E-state index contributed by atoms with van der Waals surface area (Å²) in [5, 5.41) is 5.83. The Balaban J connectivity index is 1.64. The van der Waals surface area contributed by atoms with Gasteiger partial charge < -0.3 is 0 Å². The molecule has 0 unspecified atom stereocenters. The summed E-state index contributed by atoms with van der Waals surface area (Å²) in [7, 11) is 2.37. The summed E-state index contributed by atoms with van der Waals surface area (Å²) in [5.74, 6) is 0. The lowest BCUT2D eigenvalue weighted by Gasteiger charge is -2.19. The topological polar surface area (TPSA) is 0 Å². The highest BCUT2D eigenvalue weighted by atomic mass is 33.3. The van der Waals surface area contributed by atoms with Crippen LogP contribution in [0.5, 0.6) is 0 Å². The van der Waals surface area contributed by atoms with Crippen LogP contribution in [-0.4, -0.2) is 15.9 Å². The predicted octanol–water partition coefficient (Wildman–Crippen LogP) is 3.98. The molecule has 4 aromatic carbocycles. The second-order valence-electron chi connectivity index (χ2n) is 6.29. The molecule has 28 heavy (non-hydrogen) atoms. The van der Waals surface area contributed by atoms with E-state index in [1.807, 2.05) is 0 Å². The Morgan fingerprint density at radius 2 is 0.536 bits per heavy atom. The van der Waals surface area contributed by atoms with E-state index < -0.39 is 15.9 Å². The second-order valence-corrected chi connectivity index (χ2v) is 16.7. The molecule has 0 saturated carbocycles. The van der Waals surface area contributed by atoms with E-state index in [1.165, 1.54) is 20.7 Å². The van der Waals surface area contributed by atoms with Crippen molar-refractivity contribution >= 4 is 57.1 Å². The van der Waals surface area contributed by atoms with Crippen molar-refractivity contribution in [1.82, 2.24) is 0 Å². The molecule has 0 bridgehead atoms. The molecule has 136 valence electrons. The first-order valence-corrected chi connectivity index (χ1v) is 15.8. The zero-order chi connectivity index (χ0) is 19.0. The SMILES string of the molecule is c1ccc([Si](SS[Si](c2ccccc2)c2ccccc2)c2ccccc2)cc1. The van der Waals surface area contributed by atoms with Gasteiger partial charge >= 0.3 is 0 Å². The highest BCUT2D eigenvalue weighted by molar-refractivity contribution is 8.95. The van der Waals surface area contributed by atoms with Crippen molar-refractivity contribution in [3.05, 3.63) is 121 Å². The predicted molar refractivity (Wildman–Crippen MR) is 131 cm³/mol. The molecule has 0 heterocycles. The van der Waals surface area contributed by atoms with Gasteiger partial charge in [-0.3, -0.25) is 0 Å². The molecule has 2 radical (unpaired) electrons. The number of benzene rings is 4. The van der Waals surface area contributed by atoms with Crippen LogP contribution in [0.2, 0.25) is 0 Å². The Hall–Kier alpha value is -1.99. The summed E-state index contributed by atoms with van der Waals surface area (Å²) in [5.41, 5.74) is 0. The van der Waals surface area contributed by atoms with Gasteiger partial charge in [0.25, 0.3) is 0 Å². The van der Waals surface area contributed by atoms with Crippen LogP contribution >= 0.6 is 20.5 Å².